The van der Waals surface area contributed by atoms with Crippen molar-refractivity contribution in [1.82, 2.24) is 14.9 Å². The smallest absolute Gasteiger partial charge is 0.257 e. The van der Waals surface area contributed by atoms with Crippen LogP contribution in [-0.2, 0) is 6.54 Å². The Morgan fingerprint density at radius 3 is 2.41 bits per heavy atom. The zero-order chi connectivity index (χ0) is 15.8. The number of carbonyl (C=O) groups is 1. The van der Waals surface area contributed by atoms with E-state index in [2.05, 4.69) is 22.2 Å². The van der Waals surface area contributed by atoms with Gasteiger partial charge in [0.2, 0.25) is 5.95 Å². The van der Waals surface area contributed by atoms with Crippen molar-refractivity contribution in [2.75, 3.05) is 18.4 Å². The van der Waals surface area contributed by atoms with Crippen LogP contribution in [0.25, 0.3) is 0 Å². The van der Waals surface area contributed by atoms with E-state index in [1.807, 2.05) is 37.3 Å². The molecule has 0 saturated heterocycles. The van der Waals surface area contributed by atoms with Crippen LogP contribution in [0.1, 0.15) is 36.2 Å². The van der Waals surface area contributed by atoms with Gasteiger partial charge in [0.1, 0.15) is 0 Å². The summed E-state index contributed by atoms with van der Waals surface area (Å²) in [5.74, 6) is 0.512. The minimum absolute atomic E-state index is 0.0478. The van der Waals surface area contributed by atoms with Crippen LogP contribution in [0.2, 0.25) is 0 Å². The van der Waals surface area contributed by atoms with Gasteiger partial charge in [-0.15, -0.1) is 0 Å². The van der Waals surface area contributed by atoms with Gasteiger partial charge in [-0.1, -0.05) is 37.3 Å². The summed E-state index contributed by atoms with van der Waals surface area (Å²) in [6, 6.07) is 9.96. The summed E-state index contributed by atoms with van der Waals surface area (Å²) in [5, 5.41) is 3.10. The molecular formula is C17H22N4O. The number of carbonyl (C=O) groups excluding carboxylic acids is 1. The summed E-state index contributed by atoms with van der Waals surface area (Å²) in [6.45, 7) is 6.10. The molecule has 0 aliphatic rings. The van der Waals surface area contributed by atoms with Crippen molar-refractivity contribution >= 4 is 11.9 Å². The highest BCUT2D eigenvalue weighted by molar-refractivity contribution is 5.93. The Labute approximate surface area is 131 Å². The average Bonchev–Trinajstić information content (AvgIpc) is 2.58. The third-order valence-electron chi connectivity index (χ3n) is 3.32. The van der Waals surface area contributed by atoms with Gasteiger partial charge in [0.25, 0.3) is 5.91 Å². The number of hydrogen-bond donors (Lipinski definition) is 1. The number of hydrogen-bond acceptors (Lipinski definition) is 4. The Kier molecular flexibility index (Phi) is 5.89. The first-order chi connectivity index (χ1) is 10.7. The lowest BCUT2D eigenvalue weighted by Crippen LogP contribution is -2.30. The lowest BCUT2D eigenvalue weighted by Gasteiger charge is -2.20. The minimum atomic E-state index is -0.0478. The predicted octanol–water partition coefficient (Wildman–Crippen LogP) is 2.96. The molecule has 5 nitrogen and oxygen atoms in total. The second-order valence-electron chi connectivity index (χ2n) is 5.03. The molecule has 0 unspecified atom stereocenters. The lowest BCUT2D eigenvalue weighted by molar-refractivity contribution is 0.0752. The Hall–Kier alpha value is -2.43. The molecular weight excluding hydrogens is 276 g/mol. The molecule has 2 rings (SSSR count). The molecule has 5 heteroatoms. The van der Waals surface area contributed by atoms with Crippen LogP contribution in [0, 0.1) is 0 Å². The van der Waals surface area contributed by atoms with Crippen LogP contribution in [0.3, 0.4) is 0 Å². The van der Waals surface area contributed by atoms with Crippen molar-refractivity contribution in [2.45, 2.75) is 26.8 Å². The zero-order valence-electron chi connectivity index (χ0n) is 13.1. The van der Waals surface area contributed by atoms with Gasteiger partial charge in [-0.25, -0.2) is 9.97 Å². The van der Waals surface area contributed by atoms with Crippen molar-refractivity contribution in [1.29, 1.82) is 0 Å². The molecule has 0 aliphatic carbocycles. The Morgan fingerprint density at radius 1 is 1.14 bits per heavy atom. The molecule has 1 amide bonds. The van der Waals surface area contributed by atoms with Gasteiger partial charge in [-0.05, 0) is 18.9 Å². The van der Waals surface area contributed by atoms with Crippen molar-refractivity contribution in [3.8, 4) is 0 Å². The normalized spacial score (nSPS) is 10.3. The van der Waals surface area contributed by atoms with Crippen molar-refractivity contribution in [3.05, 3.63) is 53.9 Å². The summed E-state index contributed by atoms with van der Waals surface area (Å²) in [6.07, 6.45) is 4.17. The molecule has 22 heavy (non-hydrogen) atoms. The maximum atomic E-state index is 12.5. The minimum Gasteiger partial charge on any atom is -0.354 e. The van der Waals surface area contributed by atoms with Crippen LogP contribution in [0.5, 0.6) is 0 Å². The summed E-state index contributed by atoms with van der Waals surface area (Å²) in [7, 11) is 0. The molecule has 0 saturated carbocycles. The molecule has 0 spiro atoms. The van der Waals surface area contributed by atoms with Crippen LogP contribution < -0.4 is 5.32 Å². The molecule has 0 atom stereocenters. The van der Waals surface area contributed by atoms with Gasteiger partial charge in [0.05, 0.1) is 5.56 Å². The topological polar surface area (TPSA) is 58.1 Å². The number of nitrogens with one attached hydrogen (secondary N) is 1. The predicted molar refractivity (Wildman–Crippen MR) is 87.7 cm³/mol. The van der Waals surface area contributed by atoms with Crippen molar-refractivity contribution in [3.63, 3.8) is 0 Å². The number of nitrogens with zero attached hydrogens (tertiary/aromatic N) is 3. The molecule has 2 aromatic rings. The second-order valence-corrected chi connectivity index (χ2v) is 5.03. The standard InChI is InChI=1S/C17H22N4O/c1-3-10-18-17-19-11-15(12-20-17)16(22)21(4-2)13-14-8-6-5-7-9-14/h5-9,11-12H,3-4,10,13H2,1-2H3,(H,18,19,20). The fourth-order valence-corrected chi connectivity index (χ4v) is 2.08. The molecule has 0 fully saturated rings. The van der Waals surface area contributed by atoms with Crippen LogP contribution in [0.15, 0.2) is 42.7 Å². The van der Waals surface area contributed by atoms with Crippen LogP contribution in [0.4, 0.5) is 5.95 Å². The van der Waals surface area contributed by atoms with E-state index in [9.17, 15) is 4.79 Å². The first-order valence-electron chi connectivity index (χ1n) is 7.63. The van der Waals surface area contributed by atoms with Crippen LogP contribution >= 0.6 is 0 Å². The fraction of sp³-hybridized carbons (Fsp3) is 0.353. The van der Waals surface area contributed by atoms with E-state index in [-0.39, 0.29) is 5.91 Å². The van der Waals surface area contributed by atoms with Gasteiger partial charge < -0.3 is 10.2 Å². The molecule has 1 aromatic carbocycles. The average molecular weight is 298 g/mol. The molecule has 0 bridgehead atoms. The maximum absolute atomic E-state index is 12.5. The second kappa shape index (κ2) is 8.12. The van der Waals surface area contributed by atoms with Gasteiger partial charge in [-0.3, -0.25) is 4.79 Å². The summed E-state index contributed by atoms with van der Waals surface area (Å²) >= 11 is 0. The van der Waals surface area contributed by atoms with Gasteiger partial charge in [0.15, 0.2) is 0 Å². The Balaban J connectivity index is 2.04. The Morgan fingerprint density at radius 2 is 1.82 bits per heavy atom. The van der Waals surface area contributed by atoms with Crippen LogP contribution in [-0.4, -0.2) is 33.9 Å². The number of rotatable bonds is 7. The quantitative estimate of drug-likeness (QED) is 0.854. The molecule has 1 aromatic heterocycles. The van der Waals surface area contributed by atoms with E-state index < -0.39 is 0 Å². The number of anilines is 1. The summed E-state index contributed by atoms with van der Waals surface area (Å²) < 4.78 is 0. The summed E-state index contributed by atoms with van der Waals surface area (Å²) in [4.78, 5) is 22.7. The molecule has 0 aliphatic heterocycles. The van der Waals surface area contributed by atoms with E-state index >= 15 is 0 Å². The Bertz CT molecular complexity index is 583. The van der Waals surface area contributed by atoms with E-state index in [1.54, 1.807) is 17.3 Å². The zero-order valence-corrected chi connectivity index (χ0v) is 13.1. The monoisotopic (exact) mass is 298 g/mol. The molecule has 1 heterocycles. The first kappa shape index (κ1) is 15.9. The number of aromatic nitrogens is 2. The van der Waals surface area contributed by atoms with Crippen molar-refractivity contribution < 1.29 is 4.79 Å². The highest BCUT2D eigenvalue weighted by Gasteiger charge is 2.15. The highest BCUT2D eigenvalue weighted by Crippen LogP contribution is 2.09. The van der Waals surface area contributed by atoms with Gasteiger partial charge in [-0.2, -0.15) is 0 Å². The number of benzene rings is 1. The van der Waals surface area contributed by atoms with E-state index in [0.29, 0.717) is 24.6 Å². The summed E-state index contributed by atoms with van der Waals surface area (Å²) in [5.41, 5.74) is 1.62. The first-order valence-corrected chi connectivity index (χ1v) is 7.63. The van der Waals surface area contributed by atoms with Gasteiger partial charge in [0, 0.05) is 32.0 Å². The van der Waals surface area contributed by atoms with E-state index in [1.165, 1.54) is 0 Å². The largest absolute Gasteiger partial charge is 0.354 e. The van der Waals surface area contributed by atoms with Crippen molar-refractivity contribution in [2.24, 2.45) is 0 Å². The molecule has 116 valence electrons. The fourth-order valence-electron chi connectivity index (χ4n) is 2.08. The molecule has 0 radical (unpaired) electrons. The molecule has 1 N–H and O–H groups in total. The third kappa shape index (κ3) is 4.28. The lowest BCUT2D eigenvalue weighted by atomic mass is 10.2. The SMILES string of the molecule is CCCNc1ncc(C(=O)N(CC)Cc2ccccc2)cn1. The maximum Gasteiger partial charge on any atom is 0.257 e. The van der Waals surface area contributed by atoms with Gasteiger partial charge >= 0.3 is 0 Å². The van der Waals surface area contributed by atoms with E-state index in [4.69, 9.17) is 0 Å². The van der Waals surface area contributed by atoms with E-state index in [0.717, 1.165) is 18.5 Å². The third-order valence-corrected chi connectivity index (χ3v) is 3.32. The highest BCUT2D eigenvalue weighted by atomic mass is 16.2. The number of amides is 1.